The van der Waals surface area contributed by atoms with Gasteiger partial charge in [0.1, 0.15) is 0 Å². The summed E-state index contributed by atoms with van der Waals surface area (Å²) in [6, 6.07) is -0.0764. The van der Waals surface area contributed by atoms with Crippen LogP contribution in [0, 0.1) is 5.92 Å². The van der Waals surface area contributed by atoms with Crippen LogP contribution < -0.4 is 0 Å². The number of rotatable bonds is 0. The number of aliphatic imine (C=N–C) groups is 1. The molecule has 1 aliphatic rings. The lowest BCUT2D eigenvalue weighted by atomic mass is 10.0. The van der Waals surface area contributed by atoms with Crippen LogP contribution in [0.5, 0.6) is 0 Å². The summed E-state index contributed by atoms with van der Waals surface area (Å²) in [6.07, 6.45) is 1.09. The highest BCUT2D eigenvalue weighted by Gasteiger charge is 2.28. The molecule has 1 rings (SSSR count). The van der Waals surface area contributed by atoms with Gasteiger partial charge in [0.15, 0.2) is 0 Å². The van der Waals surface area contributed by atoms with Crippen LogP contribution in [0.2, 0.25) is 0 Å². The third kappa shape index (κ3) is 1.37. The van der Waals surface area contributed by atoms with Gasteiger partial charge in [-0.1, -0.05) is 6.92 Å². The van der Waals surface area contributed by atoms with E-state index in [4.69, 9.17) is 0 Å². The molecular formula is C8H12N2O2. The molecule has 12 heavy (non-hydrogen) atoms. The van der Waals surface area contributed by atoms with Crippen LogP contribution in [0.3, 0.4) is 0 Å². The van der Waals surface area contributed by atoms with Gasteiger partial charge in [-0.2, -0.15) is 0 Å². The van der Waals surface area contributed by atoms with Gasteiger partial charge in [0, 0.05) is 13.1 Å². The highest BCUT2D eigenvalue weighted by Crippen LogP contribution is 2.13. The second kappa shape index (κ2) is 3.05. The van der Waals surface area contributed by atoms with Crippen LogP contribution in [-0.2, 0) is 9.59 Å². The van der Waals surface area contributed by atoms with Gasteiger partial charge in [-0.3, -0.25) is 9.59 Å². The lowest BCUT2D eigenvalue weighted by Crippen LogP contribution is -2.39. The molecule has 0 saturated heterocycles. The van der Waals surface area contributed by atoms with E-state index in [2.05, 4.69) is 4.99 Å². The van der Waals surface area contributed by atoms with Gasteiger partial charge in [-0.05, 0) is 6.92 Å². The number of hydrogen-bond acceptors (Lipinski definition) is 2. The summed E-state index contributed by atoms with van der Waals surface area (Å²) in [4.78, 5) is 27.3. The van der Waals surface area contributed by atoms with E-state index >= 15 is 0 Å². The number of carbonyl (C=O) groups is 2. The minimum absolute atomic E-state index is 0.0764. The zero-order chi connectivity index (χ0) is 9.30. The van der Waals surface area contributed by atoms with E-state index in [1.54, 1.807) is 14.0 Å². The topological polar surface area (TPSA) is 49.7 Å². The van der Waals surface area contributed by atoms with Gasteiger partial charge >= 0.3 is 0 Å². The summed E-state index contributed by atoms with van der Waals surface area (Å²) in [6.45, 7) is 3.62. The standard InChI is InChI=1S/C8H12N2O2/c1-5-6(2)10(3)7(11)4-9-8(5)12/h4-6H,1-3H3. The van der Waals surface area contributed by atoms with Crippen molar-refractivity contribution in [3.8, 4) is 0 Å². The van der Waals surface area contributed by atoms with Crippen molar-refractivity contribution in [3.63, 3.8) is 0 Å². The molecule has 1 heterocycles. The number of carbonyl (C=O) groups excluding carboxylic acids is 2. The first-order valence-corrected chi connectivity index (χ1v) is 3.88. The summed E-state index contributed by atoms with van der Waals surface area (Å²) < 4.78 is 0. The van der Waals surface area contributed by atoms with Gasteiger partial charge < -0.3 is 4.90 Å². The van der Waals surface area contributed by atoms with E-state index in [1.165, 1.54) is 4.90 Å². The van der Waals surface area contributed by atoms with Gasteiger partial charge in [-0.25, -0.2) is 4.99 Å². The van der Waals surface area contributed by atoms with Gasteiger partial charge in [0.05, 0.1) is 12.1 Å². The van der Waals surface area contributed by atoms with E-state index < -0.39 is 0 Å². The van der Waals surface area contributed by atoms with Gasteiger partial charge in [0.25, 0.3) is 11.8 Å². The Bertz CT molecular complexity index is 223. The Balaban J connectivity index is 2.94. The Morgan fingerprint density at radius 3 is 2.58 bits per heavy atom. The number of hydrogen-bond donors (Lipinski definition) is 0. The molecule has 66 valence electrons. The molecule has 2 amide bonds. The summed E-state index contributed by atoms with van der Waals surface area (Å²) >= 11 is 0. The van der Waals surface area contributed by atoms with Crippen molar-refractivity contribution in [3.05, 3.63) is 0 Å². The first-order chi connectivity index (χ1) is 5.54. The number of nitrogens with zero attached hydrogens (tertiary/aromatic N) is 2. The van der Waals surface area contributed by atoms with E-state index in [1.807, 2.05) is 6.92 Å². The van der Waals surface area contributed by atoms with E-state index in [0.717, 1.165) is 6.21 Å². The Morgan fingerprint density at radius 2 is 2.00 bits per heavy atom. The van der Waals surface area contributed by atoms with Crippen LogP contribution >= 0.6 is 0 Å². The van der Waals surface area contributed by atoms with Crippen LogP contribution in [0.1, 0.15) is 13.8 Å². The maximum Gasteiger partial charge on any atom is 0.265 e. The molecule has 0 fully saturated rings. The first kappa shape index (κ1) is 8.90. The fourth-order valence-electron chi connectivity index (χ4n) is 1.07. The minimum Gasteiger partial charge on any atom is -0.337 e. The monoisotopic (exact) mass is 168 g/mol. The average Bonchev–Trinajstić information content (AvgIpc) is 2.14. The molecule has 0 bridgehead atoms. The van der Waals surface area contributed by atoms with Crippen molar-refractivity contribution >= 4 is 18.0 Å². The zero-order valence-corrected chi connectivity index (χ0v) is 7.44. The third-order valence-electron chi connectivity index (χ3n) is 2.37. The zero-order valence-electron chi connectivity index (χ0n) is 7.44. The fourth-order valence-corrected chi connectivity index (χ4v) is 1.07. The van der Waals surface area contributed by atoms with E-state index in [-0.39, 0.29) is 23.8 Å². The second-order valence-electron chi connectivity index (χ2n) is 3.07. The fraction of sp³-hybridized carbons (Fsp3) is 0.625. The molecule has 2 unspecified atom stereocenters. The molecule has 1 aliphatic heterocycles. The Morgan fingerprint density at radius 1 is 1.42 bits per heavy atom. The smallest absolute Gasteiger partial charge is 0.265 e. The summed E-state index contributed by atoms with van der Waals surface area (Å²) in [5, 5.41) is 0. The summed E-state index contributed by atoms with van der Waals surface area (Å²) in [5.41, 5.74) is 0. The first-order valence-electron chi connectivity index (χ1n) is 3.88. The molecule has 4 heteroatoms. The molecule has 0 aromatic heterocycles. The molecule has 0 aliphatic carbocycles. The van der Waals surface area contributed by atoms with E-state index in [9.17, 15) is 9.59 Å². The Kier molecular flexibility index (Phi) is 2.26. The van der Waals surface area contributed by atoms with E-state index in [0.29, 0.717) is 0 Å². The molecule has 0 aromatic carbocycles. The Hall–Kier alpha value is -1.19. The molecule has 4 nitrogen and oxygen atoms in total. The van der Waals surface area contributed by atoms with Crippen molar-refractivity contribution < 1.29 is 9.59 Å². The molecule has 0 saturated carbocycles. The van der Waals surface area contributed by atoms with Crippen molar-refractivity contribution in [2.75, 3.05) is 7.05 Å². The molecule has 0 N–H and O–H groups in total. The Labute approximate surface area is 71.3 Å². The maximum atomic E-state index is 11.1. The minimum atomic E-state index is -0.222. The molecule has 2 atom stereocenters. The lowest BCUT2D eigenvalue weighted by molar-refractivity contribution is -0.126. The SMILES string of the molecule is CC1C(=O)N=CC(=O)N(C)C1C. The van der Waals surface area contributed by atoms with Crippen LogP contribution in [0.4, 0.5) is 0 Å². The quantitative estimate of drug-likeness (QED) is 0.514. The van der Waals surface area contributed by atoms with Crippen molar-refractivity contribution in [2.45, 2.75) is 19.9 Å². The average molecular weight is 168 g/mol. The van der Waals surface area contributed by atoms with Gasteiger partial charge in [-0.15, -0.1) is 0 Å². The molecule has 0 spiro atoms. The lowest BCUT2D eigenvalue weighted by Gasteiger charge is -2.24. The second-order valence-corrected chi connectivity index (χ2v) is 3.07. The third-order valence-corrected chi connectivity index (χ3v) is 2.37. The molecular weight excluding hydrogens is 156 g/mol. The number of amides is 2. The molecule has 0 aromatic rings. The van der Waals surface area contributed by atoms with Crippen molar-refractivity contribution in [1.29, 1.82) is 0 Å². The van der Waals surface area contributed by atoms with Crippen LogP contribution in [0.15, 0.2) is 4.99 Å². The molecule has 0 radical (unpaired) electrons. The largest absolute Gasteiger partial charge is 0.337 e. The maximum absolute atomic E-state index is 11.1. The van der Waals surface area contributed by atoms with Gasteiger partial charge in [0.2, 0.25) is 0 Å². The van der Waals surface area contributed by atoms with Crippen molar-refractivity contribution in [2.24, 2.45) is 10.9 Å². The normalized spacial score (nSPS) is 30.8. The van der Waals surface area contributed by atoms with Crippen LogP contribution in [0.25, 0.3) is 0 Å². The highest BCUT2D eigenvalue weighted by molar-refractivity contribution is 6.28. The summed E-state index contributed by atoms with van der Waals surface area (Å²) in [7, 11) is 1.67. The predicted molar refractivity (Wildman–Crippen MR) is 44.9 cm³/mol. The highest BCUT2D eigenvalue weighted by atomic mass is 16.2. The van der Waals surface area contributed by atoms with Crippen molar-refractivity contribution in [1.82, 2.24) is 4.90 Å². The predicted octanol–water partition coefficient (Wildman–Crippen LogP) is 0.0804. The van der Waals surface area contributed by atoms with Crippen LogP contribution in [-0.4, -0.2) is 36.0 Å². The summed E-state index contributed by atoms with van der Waals surface area (Å²) in [5.74, 6) is -0.641.